The molecule has 0 saturated carbocycles. The number of benzene rings is 1. The Labute approximate surface area is 187 Å². The number of aromatic nitrogens is 4. The third kappa shape index (κ3) is 3.82. The zero-order valence-electron chi connectivity index (χ0n) is 18.3. The molecule has 1 aromatic carbocycles. The van der Waals surface area contributed by atoms with Gasteiger partial charge in [-0.15, -0.1) is 0 Å². The summed E-state index contributed by atoms with van der Waals surface area (Å²) in [6.45, 7) is 5.16. The van der Waals surface area contributed by atoms with Crippen LogP contribution >= 0.6 is 0 Å². The standard InChI is InChI=1S/C25H26N6O/c1-3-22(32)19-9-4-8-18(13-19)20-14-21(25-26-16-27-31(25)15-20)28-23-10-5-11-24(29-23)30-12-6-7-17(30)2/h4-5,8-11,13-17H,3,6-7,12H2,1-2H3,(H,28,29). The lowest BCUT2D eigenvalue weighted by Crippen LogP contribution is -2.27. The molecule has 1 atom stereocenters. The SMILES string of the molecule is CCC(=O)c1cccc(-c2cc(Nc3cccc(N4CCCC4C)n3)c3ncnn3c2)c1. The van der Waals surface area contributed by atoms with Crippen molar-refractivity contribution in [3.8, 4) is 11.1 Å². The van der Waals surface area contributed by atoms with E-state index in [0.29, 0.717) is 18.0 Å². The Balaban J connectivity index is 1.52. The predicted octanol–water partition coefficient (Wildman–Crippen LogP) is 5.12. The molecule has 3 aromatic heterocycles. The van der Waals surface area contributed by atoms with E-state index >= 15 is 0 Å². The molecule has 4 heterocycles. The number of fused-ring (bicyclic) bond motifs is 1. The number of carbonyl (C=O) groups excluding carboxylic acids is 1. The molecule has 4 aromatic rings. The Hall–Kier alpha value is -3.74. The van der Waals surface area contributed by atoms with Gasteiger partial charge in [0.15, 0.2) is 11.4 Å². The molecule has 1 saturated heterocycles. The highest BCUT2D eigenvalue weighted by atomic mass is 16.1. The predicted molar refractivity (Wildman–Crippen MR) is 127 cm³/mol. The summed E-state index contributed by atoms with van der Waals surface area (Å²) in [7, 11) is 0. The zero-order valence-corrected chi connectivity index (χ0v) is 18.3. The van der Waals surface area contributed by atoms with Gasteiger partial charge in [0.2, 0.25) is 0 Å². The van der Waals surface area contributed by atoms with Gasteiger partial charge < -0.3 is 10.2 Å². The summed E-state index contributed by atoms with van der Waals surface area (Å²) >= 11 is 0. The van der Waals surface area contributed by atoms with Gasteiger partial charge in [0.25, 0.3) is 0 Å². The maximum absolute atomic E-state index is 12.2. The molecule has 32 heavy (non-hydrogen) atoms. The molecule has 1 unspecified atom stereocenters. The molecule has 0 aliphatic carbocycles. The van der Waals surface area contributed by atoms with Crippen molar-refractivity contribution in [1.29, 1.82) is 0 Å². The summed E-state index contributed by atoms with van der Waals surface area (Å²) in [6.07, 6.45) is 6.34. The lowest BCUT2D eigenvalue weighted by molar-refractivity contribution is 0.0988. The summed E-state index contributed by atoms with van der Waals surface area (Å²) < 4.78 is 1.75. The van der Waals surface area contributed by atoms with Crippen LogP contribution < -0.4 is 10.2 Å². The van der Waals surface area contributed by atoms with E-state index in [0.717, 1.165) is 40.6 Å². The van der Waals surface area contributed by atoms with Crippen molar-refractivity contribution in [2.45, 2.75) is 39.2 Å². The number of nitrogens with one attached hydrogen (secondary N) is 1. The van der Waals surface area contributed by atoms with E-state index in [1.165, 1.54) is 19.2 Å². The lowest BCUT2D eigenvalue weighted by Gasteiger charge is -2.23. The van der Waals surface area contributed by atoms with Gasteiger partial charge in [0.1, 0.15) is 18.0 Å². The first-order valence-electron chi connectivity index (χ1n) is 11.1. The summed E-state index contributed by atoms with van der Waals surface area (Å²) in [5, 5.41) is 7.78. The highest BCUT2D eigenvalue weighted by molar-refractivity contribution is 5.97. The largest absolute Gasteiger partial charge is 0.354 e. The van der Waals surface area contributed by atoms with Gasteiger partial charge in [0.05, 0.1) is 5.69 Å². The number of anilines is 3. The van der Waals surface area contributed by atoms with Crippen LogP contribution in [0.5, 0.6) is 0 Å². The minimum atomic E-state index is 0.129. The van der Waals surface area contributed by atoms with Crippen molar-refractivity contribution in [3.63, 3.8) is 0 Å². The van der Waals surface area contributed by atoms with Gasteiger partial charge in [0, 0.05) is 36.3 Å². The molecular weight excluding hydrogens is 400 g/mol. The number of rotatable bonds is 6. The van der Waals surface area contributed by atoms with Crippen molar-refractivity contribution in [3.05, 3.63) is 66.6 Å². The molecule has 1 aliphatic heterocycles. The molecule has 1 N–H and O–H groups in total. The van der Waals surface area contributed by atoms with Crippen molar-refractivity contribution in [2.75, 3.05) is 16.8 Å². The van der Waals surface area contributed by atoms with Crippen molar-refractivity contribution in [1.82, 2.24) is 19.6 Å². The van der Waals surface area contributed by atoms with Crippen molar-refractivity contribution >= 4 is 28.8 Å². The summed E-state index contributed by atoms with van der Waals surface area (Å²) in [5.41, 5.74) is 4.15. The van der Waals surface area contributed by atoms with Crippen LogP contribution in [0.1, 0.15) is 43.5 Å². The smallest absolute Gasteiger partial charge is 0.178 e. The van der Waals surface area contributed by atoms with Crippen LogP contribution in [0.2, 0.25) is 0 Å². The quantitative estimate of drug-likeness (QED) is 0.432. The monoisotopic (exact) mass is 426 g/mol. The number of hydrogen-bond acceptors (Lipinski definition) is 6. The topological polar surface area (TPSA) is 75.4 Å². The van der Waals surface area contributed by atoms with Gasteiger partial charge in [-0.25, -0.2) is 14.5 Å². The highest BCUT2D eigenvalue weighted by Gasteiger charge is 2.21. The summed E-state index contributed by atoms with van der Waals surface area (Å²) in [4.78, 5) is 23.8. The van der Waals surface area contributed by atoms with E-state index < -0.39 is 0 Å². The molecule has 7 heteroatoms. The van der Waals surface area contributed by atoms with Gasteiger partial charge in [-0.1, -0.05) is 31.2 Å². The number of ketones is 1. The van der Waals surface area contributed by atoms with Crippen LogP contribution in [0.15, 0.2) is 61.1 Å². The van der Waals surface area contributed by atoms with Gasteiger partial charge in [-0.05, 0) is 49.6 Å². The molecule has 7 nitrogen and oxygen atoms in total. The third-order valence-corrected chi connectivity index (χ3v) is 6.06. The van der Waals surface area contributed by atoms with Crippen molar-refractivity contribution < 1.29 is 4.79 Å². The average Bonchev–Trinajstić information content (AvgIpc) is 3.47. The first-order valence-corrected chi connectivity index (χ1v) is 11.1. The Kier molecular flexibility index (Phi) is 5.31. The maximum atomic E-state index is 12.2. The number of nitrogens with zero attached hydrogens (tertiary/aromatic N) is 5. The van der Waals surface area contributed by atoms with Gasteiger partial charge >= 0.3 is 0 Å². The van der Waals surface area contributed by atoms with Gasteiger partial charge in [-0.2, -0.15) is 5.10 Å². The van der Waals surface area contributed by atoms with Crippen LogP contribution in [-0.4, -0.2) is 38.0 Å². The number of Topliss-reactive ketones (excluding diaryl/α,β-unsaturated/α-hetero) is 1. The first-order chi connectivity index (χ1) is 15.6. The molecule has 0 radical (unpaired) electrons. The van der Waals surface area contributed by atoms with Crippen LogP contribution in [0, 0.1) is 0 Å². The third-order valence-electron chi connectivity index (χ3n) is 6.06. The summed E-state index contributed by atoms with van der Waals surface area (Å²) in [6, 6.07) is 16.3. The van der Waals surface area contributed by atoms with E-state index in [4.69, 9.17) is 4.98 Å². The maximum Gasteiger partial charge on any atom is 0.178 e. The van der Waals surface area contributed by atoms with E-state index in [2.05, 4.69) is 33.3 Å². The van der Waals surface area contributed by atoms with Crippen LogP contribution in [0.25, 0.3) is 16.8 Å². The number of hydrogen-bond donors (Lipinski definition) is 1. The molecule has 1 fully saturated rings. The van der Waals surface area contributed by atoms with E-state index in [-0.39, 0.29) is 5.78 Å². The fourth-order valence-electron chi connectivity index (χ4n) is 4.32. The van der Waals surface area contributed by atoms with E-state index in [1.54, 1.807) is 4.52 Å². The highest BCUT2D eigenvalue weighted by Crippen LogP contribution is 2.29. The Morgan fingerprint density at radius 1 is 1.16 bits per heavy atom. The Bertz CT molecular complexity index is 1280. The number of carbonyl (C=O) groups is 1. The summed E-state index contributed by atoms with van der Waals surface area (Å²) in [5.74, 6) is 1.88. The average molecular weight is 427 g/mol. The fourth-order valence-corrected chi connectivity index (χ4v) is 4.32. The Morgan fingerprint density at radius 3 is 2.84 bits per heavy atom. The Morgan fingerprint density at radius 2 is 2.03 bits per heavy atom. The minimum absolute atomic E-state index is 0.129. The normalized spacial score (nSPS) is 15.9. The molecule has 5 rings (SSSR count). The van der Waals surface area contributed by atoms with Crippen LogP contribution in [-0.2, 0) is 0 Å². The molecule has 0 bridgehead atoms. The molecule has 0 amide bonds. The van der Waals surface area contributed by atoms with Gasteiger partial charge in [-0.3, -0.25) is 4.79 Å². The fraction of sp³-hybridized carbons (Fsp3) is 0.280. The van der Waals surface area contributed by atoms with E-state index in [9.17, 15) is 4.79 Å². The molecular formula is C25H26N6O. The minimum Gasteiger partial charge on any atom is -0.354 e. The van der Waals surface area contributed by atoms with Crippen LogP contribution in [0.3, 0.4) is 0 Å². The zero-order chi connectivity index (χ0) is 22.1. The van der Waals surface area contributed by atoms with Crippen molar-refractivity contribution in [2.24, 2.45) is 0 Å². The second-order valence-corrected chi connectivity index (χ2v) is 8.22. The second kappa shape index (κ2) is 8.42. The molecule has 0 spiro atoms. The lowest BCUT2D eigenvalue weighted by atomic mass is 10.0. The number of pyridine rings is 2. The second-order valence-electron chi connectivity index (χ2n) is 8.22. The van der Waals surface area contributed by atoms with E-state index in [1.807, 2.05) is 55.6 Å². The molecule has 1 aliphatic rings. The molecule has 162 valence electrons. The van der Waals surface area contributed by atoms with Crippen LogP contribution in [0.4, 0.5) is 17.3 Å². The first kappa shape index (κ1) is 20.2.